The molecular weight excluding hydrogens is 438 g/mol. The van der Waals surface area contributed by atoms with E-state index in [0.717, 1.165) is 47.6 Å². The first kappa shape index (κ1) is 24.0. The number of nitrogens with one attached hydrogen (secondary N) is 1. The number of hydrogen-bond acceptors (Lipinski definition) is 4. The second kappa shape index (κ2) is 9.40. The van der Waals surface area contributed by atoms with Gasteiger partial charge in [-0.15, -0.1) is 10.2 Å². The van der Waals surface area contributed by atoms with Gasteiger partial charge >= 0.3 is 0 Å². The zero-order chi connectivity index (χ0) is 24.9. The van der Waals surface area contributed by atoms with Crippen LogP contribution in [-0.2, 0) is 9.59 Å². The van der Waals surface area contributed by atoms with Crippen molar-refractivity contribution in [3.63, 3.8) is 0 Å². The smallest absolute Gasteiger partial charge is 0.230 e. The molecule has 1 aromatic carbocycles. The summed E-state index contributed by atoms with van der Waals surface area (Å²) in [4.78, 5) is 27.7. The van der Waals surface area contributed by atoms with Gasteiger partial charge in [-0.05, 0) is 69.4 Å². The van der Waals surface area contributed by atoms with Gasteiger partial charge in [0.05, 0.1) is 11.8 Å². The third-order valence-corrected chi connectivity index (χ3v) is 8.14. The van der Waals surface area contributed by atoms with Crippen molar-refractivity contribution in [2.45, 2.75) is 84.6 Å². The maximum Gasteiger partial charge on any atom is 0.230 e. The van der Waals surface area contributed by atoms with E-state index in [0.29, 0.717) is 25.0 Å². The van der Waals surface area contributed by atoms with Crippen molar-refractivity contribution in [2.75, 3.05) is 18.4 Å². The zero-order valence-corrected chi connectivity index (χ0v) is 21.8. The molecule has 188 valence electrons. The summed E-state index contributed by atoms with van der Waals surface area (Å²) in [7, 11) is 0. The summed E-state index contributed by atoms with van der Waals surface area (Å²) in [6.07, 6.45) is 5.93. The Morgan fingerprint density at radius 1 is 1.09 bits per heavy atom. The molecule has 5 rings (SSSR count). The van der Waals surface area contributed by atoms with Crippen LogP contribution in [0.25, 0.3) is 0 Å². The number of anilines is 1. The highest BCUT2D eigenvalue weighted by Gasteiger charge is 2.45. The average Bonchev–Trinajstić information content (AvgIpc) is 3.35. The highest BCUT2D eigenvalue weighted by atomic mass is 16.2. The monoisotopic (exact) mass is 477 g/mol. The molecule has 7 heteroatoms. The predicted molar refractivity (Wildman–Crippen MR) is 136 cm³/mol. The van der Waals surface area contributed by atoms with Gasteiger partial charge in [0, 0.05) is 37.7 Å². The third-order valence-electron chi connectivity index (χ3n) is 8.14. The summed E-state index contributed by atoms with van der Waals surface area (Å²) in [5.74, 6) is 3.46. The van der Waals surface area contributed by atoms with Crippen LogP contribution in [0.5, 0.6) is 0 Å². The van der Waals surface area contributed by atoms with Crippen molar-refractivity contribution < 1.29 is 9.59 Å². The number of likely N-dealkylation sites (tertiary alicyclic amines) is 1. The Balaban J connectivity index is 1.40. The Labute approximate surface area is 208 Å². The van der Waals surface area contributed by atoms with Crippen molar-refractivity contribution in [1.82, 2.24) is 19.7 Å². The van der Waals surface area contributed by atoms with Gasteiger partial charge in [-0.1, -0.05) is 31.5 Å². The number of aryl methyl sites for hydroxylation is 2. The van der Waals surface area contributed by atoms with E-state index in [9.17, 15) is 9.59 Å². The summed E-state index contributed by atoms with van der Waals surface area (Å²) >= 11 is 0. The van der Waals surface area contributed by atoms with E-state index in [2.05, 4.69) is 29.8 Å². The molecule has 0 bridgehead atoms. The largest absolute Gasteiger partial charge is 0.341 e. The van der Waals surface area contributed by atoms with E-state index in [-0.39, 0.29) is 23.7 Å². The van der Waals surface area contributed by atoms with Gasteiger partial charge in [0.1, 0.15) is 11.6 Å². The summed E-state index contributed by atoms with van der Waals surface area (Å²) < 4.78 is 2.36. The van der Waals surface area contributed by atoms with E-state index in [4.69, 9.17) is 10.2 Å². The number of carbonyl (C=O) groups excluding carboxylic acids is 2. The molecule has 1 aliphatic heterocycles. The summed E-state index contributed by atoms with van der Waals surface area (Å²) in [5, 5.41) is 12.6. The molecule has 2 aromatic rings. The molecule has 35 heavy (non-hydrogen) atoms. The summed E-state index contributed by atoms with van der Waals surface area (Å²) in [5.41, 5.74) is 3.04. The minimum absolute atomic E-state index is 0.00467. The first-order chi connectivity index (χ1) is 16.7. The number of benzene rings is 1. The van der Waals surface area contributed by atoms with Crippen LogP contribution in [0.4, 0.5) is 5.69 Å². The lowest BCUT2D eigenvalue weighted by Gasteiger charge is -2.36. The normalized spacial score (nSPS) is 26.2. The Kier molecular flexibility index (Phi) is 6.45. The molecule has 2 aliphatic carbocycles. The average molecular weight is 478 g/mol. The lowest BCUT2D eigenvalue weighted by Crippen LogP contribution is -2.31. The molecule has 3 aliphatic rings. The number of carbonyl (C=O) groups is 2. The van der Waals surface area contributed by atoms with Gasteiger partial charge in [0.25, 0.3) is 0 Å². The Bertz CT molecular complexity index is 1110. The number of hydrogen-bond donors (Lipinski definition) is 1. The fourth-order valence-electron chi connectivity index (χ4n) is 6.13. The molecule has 1 N–H and O–H groups in total. The highest BCUT2D eigenvalue weighted by Crippen LogP contribution is 2.48. The summed E-state index contributed by atoms with van der Waals surface area (Å²) in [6, 6.07) is 6.49. The van der Waals surface area contributed by atoms with Crippen molar-refractivity contribution in [3.05, 3.63) is 41.0 Å². The van der Waals surface area contributed by atoms with Crippen LogP contribution in [0.3, 0.4) is 0 Å². The Morgan fingerprint density at radius 2 is 1.80 bits per heavy atom. The lowest BCUT2D eigenvalue weighted by atomic mass is 9.71. The molecule has 3 fully saturated rings. The number of aromatic nitrogens is 3. The second-order valence-corrected chi connectivity index (χ2v) is 11.6. The molecule has 2 atom stereocenters. The van der Waals surface area contributed by atoms with E-state index >= 15 is 0 Å². The predicted octanol–water partition coefficient (Wildman–Crippen LogP) is 4.97. The van der Waals surface area contributed by atoms with Crippen LogP contribution in [0.15, 0.2) is 18.2 Å². The van der Waals surface area contributed by atoms with Gasteiger partial charge in [0.15, 0.2) is 0 Å². The fourth-order valence-corrected chi connectivity index (χ4v) is 6.13. The van der Waals surface area contributed by atoms with Gasteiger partial charge in [0.2, 0.25) is 11.8 Å². The molecule has 2 heterocycles. The van der Waals surface area contributed by atoms with Gasteiger partial charge < -0.3 is 14.8 Å². The maximum absolute atomic E-state index is 13.5. The molecule has 0 spiro atoms. The molecule has 2 saturated carbocycles. The minimum atomic E-state index is -0.343. The Hall–Kier alpha value is -2.70. The topological polar surface area (TPSA) is 80.1 Å². The quantitative estimate of drug-likeness (QED) is 0.611. The van der Waals surface area contributed by atoms with Crippen LogP contribution >= 0.6 is 0 Å². The van der Waals surface area contributed by atoms with E-state index in [1.807, 2.05) is 26.0 Å². The number of amides is 2. The van der Waals surface area contributed by atoms with Crippen molar-refractivity contribution in [2.24, 2.45) is 17.8 Å². The van der Waals surface area contributed by atoms with Crippen molar-refractivity contribution in [3.8, 4) is 0 Å². The third kappa shape index (κ3) is 4.87. The van der Waals surface area contributed by atoms with Gasteiger partial charge in [-0.2, -0.15) is 0 Å². The van der Waals surface area contributed by atoms with Crippen LogP contribution in [0.2, 0.25) is 0 Å². The van der Waals surface area contributed by atoms with E-state index < -0.39 is 0 Å². The first-order valence-corrected chi connectivity index (χ1v) is 13.3. The molecule has 2 amide bonds. The fraction of sp³-hybridized carbons (Fsp3) is 0.643. The second-order valence-electron chi connectivity index (χ2n) is 11.6. The zero-order valence-electron chi connectivity index (χ0n) is 21.8. The van der Waals surface area contributed by atoms with Crippen LogP contribution in [0.1, 0.15) is 93.5 Å². The Morgan fingerprint density at radius 3 is 2.43 bits per heavy atom. The van der Waals surface area contributed by atoms with Crippen LogP contribution < -0.4 is 5.32 Å². The molecule has 1 saturated heterocycles. The van der Waals surface area contributed by atoms with E-state index in [1.165, 1.54) is 24.8 Å². The van der Waals surface area contributed by atoms with Crippen molar-refractivity contribution in [1.29, 1.82) is 0 Å². The van der Waals surface area contributed by atoms with Gasteiger partial charge in [-0.3, -0.25) is 9.59 Å². The summed E-state index contributed by atoms with van der Waals surface area (Å²) in [6.45, 7) is 11.2. The molecule has 1 aromatic heterocycles. The highest BCUT2D eigenvalue weighted by molar-refractivity contribution is 5.94. The van der Waals surface area contributed by atoms with Crippen molar-refractivity contribution >= 4 is 17.5 Å². The van der Waals surface area contributed by atoms with Crippen LogP contribution in [0, 0.1) is 31.6 Å². The standard InChI is InChI=1S/C28H39N5O2/c1-16(2)10-20-12-21(13-20)26-30-31-27(33(26)22-7-8-22)23-14-32(19(5)34)15-24(23)28(35)29-25-9-6-17(3)11-18(25)4/h6,9,11,16,20-24H,7-8,10,12-15H2,1-5H3,(H,29,35)/t20-,21+,23-,24-/m0/s1. The first-order valence-electron chi connectivity index (χ1n) is 13.3. The molecular formula is C28H39N5O2. The minimum Gasteiger partial charge on any atom is -0.341 e. The molecule has 0 radical (unpaired) electrons. The molecule has 7 nitrogen and oxygen atoms in total. The number of rotatable bonds is 7. The number of nitrogens with zero attached hydrogens (tertiary/aromatic N) is 4. The molecule has 0 unspecified atom stereocenters. The van der Waals surface area contributed by atoms with Crippen LogP contribution in [-0.4, -0.2) is 44.6 Å². The van der Waals surface area contributed by atoms with E-state index in [1.54, 1.807) is 11.8 Å². The SMILES string of the molecule is CC(=O)N1C[C@H](C(=O)Nc2ccc(C)cc2C)[C@@H](c2nnc([C@H]3C[C@@H](CC(C)C)C3)n2C2CC2)C1. The maximum atomic E-state index is 13.5. The lowest BCUT2D eigenvalue weighted by molar-refractivity contribution is -0.128. The van der Waals surface area contributed by atoms with Gasteiger partial charge in [-0.25, -0.2) is 0 Å².